The molecule has 0 aromatic heterocycles. The van der Waals surface area contributed by atoms with E-state index in [1.165, 1.54) is 0 Å². The normalized spacial score (nSPS) is 20.1. The largest absolute Gasteiger partial charge is 0.481 e. The minimum absolute atomic E-state index is 0. The van der Waals surface area contributed by atoms with Gasteiger partial charge < -0.3 is 19.6 Å². The Morgan fingerprint density at radius 1 is 1.08 bits per heavy atom. The van der Waals surface area contributed by atoms with Crippen LogP contribution in [0, 0.1) is 5.92 Å². The molecule has 6 nitrogen and oxygen atoms in total. The molecule has 2 saturated heterocycles. The molecule has 1 N–H and O–H groups in total. The molecule has 0 radical (unpaired) electrons. The number of aliphatic carboxylic acids is 1. The highest BCUT2D eigenvalue weighted by Gasteiger charge is 2.32. The van der Waals surface area contributed by atoms with Crippen LogP contribution in [-0.2, 0) is 9.53 Å². The van der Waals surface area contributed by atoms with Crippen LogP contribution < -0.4 is 4.90 Å². The number of para-hydroxylation sites is 1. The molecular formula is C16H22Cl2N2O4. The van der Waals surface area contributed by atoms with Crippen molar-refractivity contribution in [3.63, 3.8) is 0 Å². The monoisotopic (exact) mass is 376 g/mol. The van der Waals surface area contributed by atoms with E-state index >= 15 is 0 Å². The van der Waals surface area contributed by atoms with Gasteiger partial charge in [0, 0.05) is 31.9 Å². The Bertz CT molecular complexity index is 579. The summed E-state index contributed by atoms with van der Waals surface area (Å²) in [6.07, 6.45) is 0.529. The molecule has 0 saturated carbocycles. The molecule has 2 aliphatic heterocycles. The van der Waals surface area contributed by atoms with Crippen LogP contribution >= 0.6 is 24.8 Å². The van der Waals surface area contributed by atoms with E-state index in [1.54, 1.807) is 4.90 Å². The van der Waals surface area contributed by atoms with E-state index in [2.05, 4.69) is 4.90 Å². The maximum atomic E-state index is 12.8. The molecule has 1 aromatic rings. The molecule has 24 heavy (non-hydrogen) atoms. The molecule has 0 bridgehead atoms. The number of hydrogen-bond donors (Lipinski definition) is 1. The van der Waals surface area contributed by atoms with E-state index in [0.29, 0.717) is 38.3 Å². The summed E-state index contributed by atoms with van der Waals surface area (Å²) in [5.74, 6) is -1.35. The number of benzene rings is 1. The van der Waals surface area contributed by atoms with Crippen LogP contribution in [0.5, 0.6) is 0 Å². The van der Waals surface area contributed by atoms with Gasteiger partial charge >= 0.3 is 5.97 Å². The predicted octanol–water partition coefficient (Wildman–Crippen LogP) is 1.91. The Labute approximate surface area is 153 Å². The highest BCUT2D eigenvalue weighted by Crippen LogP contribution is 2.25. The van der Waals surface area contributed by atoms with Crippen molar-refractivity contribution in [2.24, 2.45) is 5.92 Å². The molecule has 0 aliphatic carbocycles. The minimum Gasteiger partial charge on any atom is -0.481 e. The zero-order chi connectivity index (χ0) is 15.5. The van der Waals surface area contributed by atoms with Crippen LogP contribution in [0.3, 0.4) is 0 Å². The fourth-order valence-electron chi connectivity index (χ4n) is 3.05. The van der Waals surface area contributed by atoms with Crippen LogP contribution in [0.25, 0.3) is 0 Å². The van der Waals surface area contributed by atoms with Crippen LogP contribution in [0.4, 0.5) is 5.69 Å². The number of hydrogen-bond acceptors (Lipinski definition) is 4. The lowest BCUT2D eigenvalue weighted by atomic mass is 10.1. The third-order valence-corrected chi connectivity index (χ3v) is 4.31. The summed E-state index contributed by atoms with van der Waals surface area (Å²) >= 11 is 0. The minimum atomic E-state index is -0.822. The second kappa shape index (κ2) is 9.11. The fourth-order valence-corrected chi connectivity index (χ4v) is 3.05. The van der Waals surface area contributed by atoms with Gasteiger partial charge in [0.1, 0.15) is 0 Å². The summed E-state index contributed by atoms with van der Waals surface area (Å²) in [6.45, 7) is 3.66. The summed E-state index contributed by atoms with van der Waals surface area (Å²) in [5.41, 5.74) is 1.56. The highest BCUT2D eigenvalue weighted by molar-refractivity contribution is 6.00. The van der Waals surface area contributed by atoms with Crippen molar-refractivity contribution in [3.8, 4) is 0 Å². The number of morpholine rings is 1. The number of anilines is 1. The second-order valence-corrected chi connectivity index (χ2v) is 5.69. The standard InChI is InChI=1S/C16H20N2O4.2ClH/c19-15(18-6-5-12(11-18)16(20)21)13-3-1-2-4-14(13)17-7-9-22-10-8-17;;/h1-4,12H,5-11H2,(H,20,21);2*1H. The third-order valence-electron chi connectivity index (χ3n) is 4.31. The van der Waals surface area contributed by atoms with Crippen molar-refractivity contribution in [2.75, 3.05) is 44.3 Å². The van der Waals surface area contributed by atoms with Gasteiger partial charge in [-0.25, -0.2) is 0 Å². The Balaban J connectivity index is 0.00000144. The number of carboxylic acids is 1. The molecule has 8 heteroatoms. The molecule has 2 heterocycles. The number of likely N-dealkylation sites (tertiary alicyclic amines) is 1. The quantitative estimate of drug-likeness (QED) is 0.872. The summed E-state index contributed by atoms with van der Waals surface area (Å²) in [4.78, 5) is 27.6. The zero-order valence-corrected chi connectivity index (χ0v) is 14.9. The first kappa shape index (κ1) is 20.5. The molecule has 1 aromatic carbocycles. The Hall–Kier alpha value is -1.50. The van der Waals surface area contributed by atoms with Crippen LogP contribution in [0.15, 0.2) is 24.3 Å². The van der Waals surface area contributed by atoms with Crippen molar-refractivity contribution in [1.82, 2.24) is 4.90 Å². The third kappa shape index (κ3) is 4.32. The SMILES string of the molecule is Cl.Cl.O=C(O)C1CCN(C(=O)c2ccccc2N2CCOCC2)C1. The van der Waals surface area contributed by atoms with Gasteiger partial charge in [0.15, 0.2) is 0 Å². The number of carbonyl (C=O) groups is 2. The van der Waals surface area contributed by atoms with Crippen LogP contribution in [-0.4, -0.2) is 61.3 Å². The van der Waals surface area contributed by atoms with Gasteiger partial charge in [0.05, 0.1) is 24.7 Å². The van der Waals surface area contributed by atoms with Gasteiger partial charge in [-0.1, -0.05) is 12.1 Å². The topological polar surface area (TPSA) is 70.1 Å². The lowest BCUT2D eigenvalue weighted by Gasteiger charge is -2.31. The lowest BCUT2D eigenvalue weighted by Crippen LogP contribution is -2.38. The van der Waals surface area contributed by atoms with Crippen molar-refractivity contribution in [3.05, 3.63) is 29.8 Å². The average molecular weight is 377 g/mol. The first-order valence-corrected chi connectivity index (χ1v) is 7.60. The number of halogens is 2. The molecule has 2 aliphatic rings. The highest BCUT2D eigenvalue weighted by atomic mass is 35.5. The van der Waals surface area contributed by atoms with E-state index < -0.39 is 11.9 Å². The van der Waals surface area contributed by atoms with Gasteiger partial charge in [-0.15, -0.1) is 24.8 Å². The van der Waals surface area contributed by atoms with Crippen molar-refractivity contribution >= 4 is 42.4 Å². The Morgan fingerprint density at radius 2 is 1.75 bits per heavy atom. The average Bonchev–Trinajstić information content (AvgIpc) is 3.05. The Kier molecular flexibility index (Phi) is 7.79. The predicted molar refractivity (Wildman–Crippen MR) is 95.6 cm³/mol. The first-order chi connectivity index (χ1) is 10.7. The summed E-state index contributed by atoms with van der Waals surface area (Å²) in [6, 6.07) is 7.54. The molecule has 134 valence electrons. The van der Waals surface area contributed by atoms with Gasteiger partial charge in [-0.2, -0.15) is 0 Å². The van der Waals surface area contributed by atoms with Crippen molar-refractivity contribution in [1.29, 1.82) is 0 Å². The Morgan fingerprint density at radius 3 is 2.38 bits per heavy atom. The van der Waals surface area contributed by atoms with Crippen LogP contribution in [0.1, 0.15) is 16.8 Å². The van der Waals surface area contributed by atoms with Gasteiger partial charge in [-0.05, 0) is 18.6 Å². The smallest absolute Gasteiger partial charge is 0.308 e. The first-order valence-electron chi connectivity index (χ1n) is 7.60. The van der Waals surface area contributed by atoms with E-state index in [1.807, 2.05) is 24.3 Å². The van der Waals surface area contributed by atoms with Crippen LogP contribution in [0.2, 0.25) is 0 Å². The molecule has 1 unspecified atom stereocenters. The molecular weight excluding hydrogens is 355 g/mol. The molecule has 0 spiro atoms. The molecule has 3 rings (SSSR count). The van der Waals surface area contributed by atoms with E-state index in [0.717, 1.165) is 18.8 Å². The van der Waals surface area contributed by atoms with Crippen molar-refractivity contribution < 1.29 is 19.4 Å². The maximum Gasteiger partial charge on any atom is 0.308 e. The van der Waals surface area contributed by atoms with Gasteiger partial charge in [-0.3, -0.25) is 9.59 Å². The molecule has 1 atom stereocenters. The van der Waals surface area contributed by atoms with Gasteiger partial charge in [0.2, 0.25) is 0 Å². The van der Waals surface area contributed by atoms with E-state index in [-0.39, 0.29) is 30.7 Å². The van der Waals surface area contributed by atoms with E-state index in [4.69, 9.17) is 9.84 Å². The lowest BCUT2D eigenvalue weighted by molar-refractivity contribution is -0.141. The molecule has 1 amide bonds. The summed E-state index contributed by atoms with van der Waals surface area (Å²) in [7, 11) is 0. The second-order valence-electron chi connectivity index (χ2n) is 5.69. The summed E-state index contributed by atoms with van der Waals surface area (Å²) < 4.78 is 5.36. The number of carbonyl (C=O) groups excluding carboxylic acids is 1. The number of carboxylic acid groups (broad SMARTS) is 1. The number of amides is 1. The number of nitrogens with zero attached hydrogens (tertiary/aromatic N) is 2. The molecule has 2 fully saturated rings. The fraction of sp³-hybridized carbons (Fsp3) is 0.500. The number of rotatable bonds is 3. The van der Waals surface area contributed by atoms with Crippen molar-refractivity contribution in [2.45, 2.75) is 6.42 Å². The summed E-state index contributed by atoms with van der Waals surface area (Å²) in [5, 5.41) is 9.08. The zero-order valence-electron chi connectivity index (χ0n) is 13.2. The van der Waals surface area contributed by atoms with Gasteiger partial charge in [0.25, 0.3) is 5.91 Å². The van der Waals surface area contributed by atoms with E-state index in [9.17, 15) is 9.59 Å². The maximum absolute atomic E-state index is 12.8. The number of ether oxygens (including phenoxy) is 1.